The lowest BCUT2D eigenvalue weighted by molar-refractivity contribution is 0.137. The molecule has 1 aromatic heterocycles. The van der Waals surface area contributed by atoms with Gasteiger partial charge in [0.25, 0.3) is 5.56 Å². The number of thioether (sulfide) groups is 1. The average molecular weight is 259 g/mol. The van der Waals surface area contributed by atoms with Crippen molar-refractivity contribution in [1.82, 2.24) is 9.55 Å². The predicted octanol–water partition coefficient (Wildman–Crippen LogP) is -1.52. The Balaban J connectivity index is 2.34. The number of aliphatic hydroxyl groups is 2. The van der Waals surface area contributed by atoms with Gasteiger partial charge in [0.1, 0.15) is 5.69 Å². The first-order valence-corrected chi connectivity index (χ1v) is 6.02. The minimum Gasteiger partial charge on any atom is -0.395 e. The van der Waals surface area contributed by atoms with Gasteiger partial charge in [-0.3, -0.25) is 14.3 Å². The molecule has 0 aliphatic carbocycles. The first kappa shape index (κ1) is 12.2. The largest absolute Gasteiger partial charge is 0.395 e. The SMILES string of the molecule is Nc1cn([C@H]2CC(O)[C@H](CO)S2)c(=O)[nH]c1=O. The van der Waals surface area contributed by atoms with Gasteiger partial charge in [0.05, 0.1) is 23.3 Å². The van der Waals surface area contributed by atoms with Gasteiger partial charge in [-0.15, -0.1) is 11.8 Å². The van der Waals surface area contributed by atoms with Gasteiger partial charge in [0.15, 0.2) is 0 Å². The number of nitrogens with zero attached hydrogens (tertiary/aromatic N) is 1. The van der Waals surface area contributed by atoms with E-state index in [-0.39, 0.29) is 22.9 Å². The second kappa shape index (κ2) is 4.55. The van der Waals surface area contributed by atoms with E-state index in [1.165, 1.54) is 22.5 Å². The number of H-pyrrole nitrogens is 1. The van der Waals surface area contributed by atoms with Crippen molar-refractivity contribution in [2.45, 2.75) is 23.1 Å². The third-order valence-corrected chi connectivity index (χ3v) is 4.24. The normalized spacial score (nSPS) is 28.5. The highest BCUT2D eigenvalue weighted by atomic mass is 32.2. The lowest BCUT2D eigenvalue weighted by Gasteiger charge is -2.12. The summed E-state index contributed by atoms with van der Waals surface area (Å²) in [6.07, 6.45) is 0.933. The van der Waals surface area contributed by atoms with Crippen LogP contribution in [0.1, 0.15) is 11.8 Å². The molecule has 0 bridgehead atoms. The Bertz CT molecular complexity index is 526. The number of anilines is 1. The van der Waals surface area contributed by atoms with Crippen LogP contribution < -0.4 is 17.0 Å². The first-order chi connectivity index (χ1) is 8.02. The molecule has 1 aliphatic heterocycles. The number of nitrogens with one attached hydrogen (secondary N) is 1. The van der Waals surface area contributed by atoms with E-state index < -0.39 is 17.4 Å². The quantitative estimate of drug-likeness (QED) is 0.511. The van der Waals surface area contributed by atoms with Gasteiger partial charge in [0, 0.05) is 12.6 Å². The van der Waals surface area contributed by atoms with Crippen molar-refractivity contribution in [1.29, 1.82) is 0 Å². The van der Waals surface area contributed by atoms with E-state index in [0.29, 0.717) is 6.42 Å². The maximum absolute atomic E-state index is 11.6. The van der Waals surface area contributed by atoms with Gasteiger partial charge in [-0.25, -0.2) is 4.79 Å². The molecule has 0 aromatic carbocycles. The van der Waals surface area contributed by atoms with Crippen molar-refractivity contribution in [3.63, 3.8) is 0 Å². The summed E-state index contributed by atoms with van der Waals surface area (Å²) in [7, 11) is 0. The van der Waals surface area contributed by atoms with Crippen molar-refractivity contribution >= 4 is 17.4 Å². The molecular weight excluding hydrogens is 246 g/mol. The second-order valence-corrected chi connectivity index (χ2v) is 5.29. The zero-order valence-corrected chi connectivity index (χ0v) is 9.68. The first-order valence-electron chi connectivity index (χ1n) is 5.08. The molecule has 0 saturated carbocycles. The number of nitrogens with two attached hydrogens (primary N) is 1. The molecule has 1 fully saturated rings. The van der Waals surface area contributed by atoms with E-state index in [1.807, 2.05) is 0 Å². The Morgan fingerprint density at radius 3 is 2.88 bits per heavy atom. The molecule has 1 aliphatic rings. The molecule has 5 N–H and O–H groups in total. The number of aromatic amines is 1. The third-order valence-electron chi connectivity index (χ3n) is 2.69. The standard InChI is InChI=1S/C9H13N3O4S/c10-4-2-12(9(16)11-8(4)15)7-1-5(14)6(3-13)17-7/h2,5-7,13-14H,1,3,10H2,(H,11,15,16)/t5?,6-,7+/m0/s1. The summed E-state index contributed by atoms with van der Waals surface area (Å²) in [4.78, 5) is 24.8. The van der Waals surface area contributed by atoms with Crippen LogP contribution in [0.25, 0.3) is 0 Å². The predicted molar refractivity (Wildman–Crippen MR) is 63.9 cm³/mol. The number of hydrogen-bond donors (Lipinski definition) is 4. The van der Waals surface area contributed by atoms with E-state index in [0.717, 1.165) is 0 Å². The van der Waals surface area contributed by atoms with E-state index in [1.54, 1.807) is 0 Å². The Morgan fingerprint density at radius 1 is 1.59 bits per heavy atom. The van der Waals surface area contributed by atoms with Crippen molar-refractivity contribution in [3.05, 3.63) is 27.0 Å². The van der Waals surface area contributed by atoms with Gasteiger partial charge >= 0.3 is 5.69 Å². The van der Waals surface area contributed by atoms with E-state index in [2.05, 4.69) is 4.98 Å². The van der Waals surface area contributed by atoms with Gasteiger partial charge in [-0.05, 0) is 0 Å². The minimum absolute atomic E-state index is 0.0489. The van der Waals surface area contributed by atoms with Crippen LogP contribution in [0.15, 0.2) is 15.8 Å². The van der Waals surface area contributed by atoms with Crippen molar-refractivity contribution in [2.75, 3.05) is 12.3 Å². The molecule has 94 valence electrons. The summed E-state index contributed by atoms with van der Waals surface area (Å²) in [6, 6.07) is 0. The molecule has 3 atom stereocenters. The fourth-order valence-electron chi connectivity index (χ4n) is 1.77. The highest BCUT2D eigenvalue weighted by Crippen LogP contribution is 2.40. The fourth-order valence-corrected chi connectivity index (χ4v) is 3.14. The molecule has 1 unspecified atom stereocenters. The van der Waals surface area contributed by atoms with E-state index >= 15 is 0 Å². The molecule has 0 radical (unpaired) electrons. The summed E-state index contributed by atoms with van der Waals surface area (Å²) in [5.41, 5.74) is 4.21. The summed E-state index contributed by atoms with van der Waals surface area (Å²) >= 11 is 1.29. The van der Waals surface area contributed by atoms with Crippen LogP contribution in [0, 0.1) is 0 Å². The summed E-state index contributed by atoms with van der Waals surface area (Å²) in [5, 5.41) is 18.0. The van der Waals surface area contributed by atoms with Crippen LogP contribution >= 0.6 is 11.8 Å². The molecule has 2 heterocycles. The molecule has 1 aromatic rings. The van der Waals surface area contributed by atoms with Gasteiger partial charge in [0.2, 0.25) is 0 Å². The van der Waals surface area contributed by atoms with Gasteiger partial charge < -0.3 is 15.9 Å². The Kier molecular flexibility index (Phi) is 3.27. The maximum Gasteiger partial charge on any atom is 0.329 e. The second-order valence-electron chi connectivity index (χ2n) is 3.87. The molecular formula is C9H13N3O4S. The highest BCUT2D eigenvalue weighted by molar-refractivity contribution is 8.00. The van der Waals surface area contributed by atoms with Crippen LogP contribution in [0.4, 0.5) is 5.69 Å². The van der Waals surface area contributed by atoms with Gasteiger partial charge in [-0.2, -0.15) is 0 Å². The van der Waals surface area contributed by atoms with Crippen LogP contribution in [0.2, 0.25) is 0 Å². The molecule has 17 heavy (non-hydrogen) atoms. The summed E-state index contributed by atoms with van der Waals surface area (Å²) in [6.45, 7) is -0.157. The van der Waals surface area contributed by atoms with Crippen molar-refractivity contribution < 1.29 is 10.2 Å². The highest BCUT2D eigenvalue weighted by Gasteiger charge is 2.34. The van der Waals surface area contributed by atoms with Crippen molar-refractivity contribution in [3.8, 4) is 0 Å². The summed E-state index contributed by atoms with van der Waals surface area (Å²) < 4.78 is 1.28. The number of aliphatic hydroxyl groups excluding tert-OH is 2. The van der Waals surface area contributed by atoms with Crippen LogP contribution in [-0.4, -0.2) is 37.7 Å². The zero-order valence-electron chi connectivity index (χ0n) is 8.87. The van der Waals surface area contributed by atoms with Crippen LogP contribution in [0.5, 0.6) is 0 Å². The molecule has 7 nitrogen and oxygen atoms in total. The number of aromatic nitrogens is 2. The smallest absolute Gasteiger partial charge is 0.329 e. The summed E-state index contributed by atoms with van der Waals surface area (Å²) in [5.74, 6) is 0. The number of hydrogen-bond acceptors (Lipinski definition) is 6. The lowest BCUT2D eigenvalue weighted by atomic mass is 10.2. The van der Waals surface area contributed by atoms with Gasteiger partial charge in [-0.1, -0.05) is 0 Å². The topological polar surface area (TPSA) is 121 Å². The lowest BCUT2D eigenvalue weighted by Crippen LogP contribution is -2.32. The number of rotatable bonds is 2. The molecule has 1 saturated heterocycles. The fraction of sp³-hybridized carbons (Fsp3) is 0.556. The number of nitrogen functional groups attached to an aromatic ring is 1. The van der Waals surface area contributed by atoms with Crippen LogP contribution in [-0.2, 0) is 0 Å². The third kappa shape index (κ3) is 2.24. The molecule has 0 spiro atoms. The van der Waals surface area contributed by atoms with E-state index in [9.17, 15) is 14.7 Å². The Morgan fingerprint density at radius 2 is 2.29 bits per heavy atom. The Labute approximate surface area is 100 Å². The van der Waals surface area contributed by atoms with E-state index in [4.69, 9.17) is 10.8 Å². The van der Waals surface area contributed by atoms with Crippen LogP contribution in [0.3, 0.4) is 0 Å². The molecule has 0 amide bonds. The van der Waals surface area contributed by atoms with Crippen molar-refractivity contribution in [2.24, 2.45) is 0 Å². The Hall–Kier alpha value is -1.25. The maximum atomic E-state index is 11.6. The molecule has 8 heteroatoms. The minimum atomic E-state index is -0.671. The zero-order chi connectivity index (χ0) is 12.6. The monoisotopic (exact) mass is 259 g/mol. The average Bonchev–Trinajstić information content (AvgIpc) is 2.65. The molecule has 2 rings (SSSR count).